The van der Waals surface area contributed by atoms with E-state index in [-0.39, 0.29) is 29.5 Å². The van der Waals surface area contributed by atoms with Crippen LogP contribution in [0.2, 0.25) is 5.02 Å². The van der Waals surface area contributed by atoms with Gasteiger partial charge in [-0.15, -0.1) is 0 Å². The van der Waals surface area contributed by atoms with Crippen LogP contribution in [0.15, 0.2) is 40.9 Å². The van der Waals surface area contributed by atoms with Gasteiger partial charge in [0.05, 0.1) is 39.2 Å². The zero-order valence-corrected chi connectivity index (χ0v) is 22.4. The Bertz CT molecular complexity index is 1610. The summed E-state index contributed by atoms with van der Waals surface area (Å²) in [5, 5.41) is 4.25. The second kappa shape index (κ2) is 10.3. The van der Waals surface area contributed by atoms with Crippen molar-refractivity contribution in [1.29, 1.82) is 0 Å². The van der Waals surface area contributed by atoms with E-state index in [9.17, 15) is 9.18 Å². The predicted molar refractivity (Wildman–Crippen MR) is 146 cm³/mol. The number of hydrogen-bond acceptors (Lipinski definition) is 6. The van der Waals surface area contributed by atoms with Crippen LogP contribution in [-0.4, -0.2) is 40.5 Å². The molecule has 1 atom stereocenters. The van der Waals surface area contributed by atoms with Crippen LogP contribution in [0.4, 0.5) is 14.9 Å². The molecule has 0 bridgehead atoms. The molecule has 1 saturated carbocycles. The Morgan fingerprint density at radius 3 is 2.67 bits per heavy atom. The Kier molecular flexibility index (Phi) is 5.90. The summed E-state index contributed by atoms with van der Waals surface area (Å²) in [5.74, 6) is 0.765. The van der Waals surface area contributed by atoms with Gasteiger partial charge in [0.25, 0.3) is 0 Å². The summed E-state index contributed by atoms with van der Waals surface area (Å²) in [5.41, 5.74) is 4.44. The van der Waals surface area contributed by atoms with Crippen molar-refractivity contribution in [2.45, 2.75) is 64.1 Å². The molecule has 0 radical (unpaired) electrons. The van der Waals surface area contributed by atoms with Gasteiger partial charge in [0.15, 0.2) is 0 Å². The molecule has 2 aromatic carbocycles. The largest absolute Gasteiger partial charge is 0.449 e. The highest BCUT2D eigenvalue weighted by molar-refractivity contribution is 6.30. The predicted octanol–water partition coefficient (Wildman–Crippen LogP) is 7.32. The second-order valence-electron chi connectivity index (χ2n) is 10.2. The quantitative estimate of drug-likeness (QED) is 0.256. The van der Waals surface area contributed by atoms with Gasteiger partial charge in [-0.2, -0.15) is 0 Å². The molecule has 8 nitrogen and oxygen atoms in total. The van der Waals surface area contributed by atoms with Crippen molar-refractivity contribution >= 4 is 34.4 Å². The molecule has 0 N–H and O–H groups in total. The van der Waals surface area contributed by atoms with Gasteiger partial charge in [-0.05, 0) is 75.4 Å². The molecule has 1 aliphatic carbocycles. The molecule has 10 heteroatoms. The van der Waals surface area contributed by atoms with E-state index in [0.29, 0.717) is 43.7 Å². The molecule has 204 valence electrons. The number of carbonyl (C=O) groups excluding carboxylic acids is 1. The molecule has 2 aromatic heterocycles. The normalized spacial score (nSPS) is 23.4. The van der Waals surface area contributed by atoms with Crippen molar-refractivity contribution in [2.24, 2.45) is 0 Å². The van der Waals surface area contributed by atoms with Gasteiger partial charge < -0.3 is 18.6 Å². The highest BCUT2D eigenvalue weighted by Crippen LogP contribution is 2.41. The number of anilines is 1. The van der Waals surface area contributed by atoms with Crippen molar-refractivity contribution < 1.29 is 27.3 Å². The Morgan fingerprint density at radius 2 is 1.95 bits per heavy atom. The number of carbonyl (C=O) groups is 1. The summed E-state index contributed by atoms with van der Waals surface area (Å²) in [4.78, 5) is 19.7. The smallest absolute Gasteiger partial charge is 0.414 e. The number of nitrogens with zero attached hydrogens (tertiary/aromatic N) is 4. The number of rotatable bonds is 5. The van der Waals surface area contributed by atoms with Crippen LogP contribution in [0.25, 0.3) is 22.2 Å². The molecule has 2 aliphatic rings. The summed E-state index contributed by atoms with van der Waals surface area (Å²) in [6.45, 7) is 3.92. The second-order valence-corrected chi connectivity index (χ2v) is 10.6. The standard InChI is InChI=1S/C29H30ClFN4O4/c1-16-27(17(2)39-33-16)18-4-9-25-24(12-18)32-28(34(25)21-5-7-23(37-3)8-6-21)26-10-11-38-29(36)35(26)22-14-19(30)13-20(31)15-22/h4,9,12-15,21,23,26H,5-8,10-11H2,1-3H3/i3D3. The van der Waals surface area contributed by atoms with E-state index < -0.39 is 25.0 Å². The first-order valence-corrected chi connectivity index (χ1v) is 13.4. The first-order chi connectivity index (χ1) is 20.0. The zero-order chi connectivity index (χ0) is 29.8. The number of aromatic nitrogens is 3. The highest BCUT2D eigenvalue weighted by atomic mass is 35.5. The molecule has 1 aliphatic heterocycles. The van der Waals surface area contributed by atoms with Crippen LogP contribution in [0, 0.1) is 19.7 Å². The third kappa shape index (κ3) is 4.67. The Labute approximate surface area is 234 Å². The SMILES string of the molecule is [2H]C([2H])([2H])OC1CCC(n2c(C3CCOC(=O)N3c3cc(F)cc(Cl)c3)nc3cc(-c4c(C)noc4C)ccc32)CC1. The number of benzene rings is 2. The first kappa shape index (κ1) is 22.4. The fraction of sp³-hybridized carbons (Fsp3) is 0.414. The van der Waals surface area contributed by atoms with Gasteiger partial charge in [0.2, 0.25) is 0 Å². The van der Waals surface area contributed by atoms with E-state index in [1.807, 2.05) is 32.0 Å². The van der Waals surface area contributed by atoms with Crippen molar-refractivity contribution in [1.82, 2.24) is 14.7 Å². The minimum atomic E-state index is -2.45. The number of halogens is 2. The number of fused-ring (bicyclic) bond motifs is 1. The number of ether oxygens (including phenoxy) is 2. The van der Waals surface area contributed by atoms with Crippen LogP contribution in [0.1, 0.15) is 65.6 Å². The van der Waals surface area contributed by atoms with E-state index in [4.69, 9.17) is 34.7 Å². The van der Waals surface area contributed by atoms with E-state index >= 15 is 0 Å². The van der Waals surface area contributed by atoms with Crippen molar-refractivity contribution in [3.05, 3.63) is 64.5 Å². The van der Waals surface area contributed by atoms with E-state index in [1.54, 1.807) is 0 Å². The number of imidazole rings is 1. The average molecular weight is 556 g/mol. The number of cyclic esters (lactones) is 1. The lowest BCUT2D eigenvalue weighted by Gasteiger charge is -2.37. The van der Waals surface area contributed by atoms with E-state index in [0.717, 1.165) is 27.9 Å². The van der Waals surface area contributed by atoms with Gasteiger partial charge in [0.1, 0.15) is 23.4 Å². The molecule has 2 fully saturated rings. The van der Waals surface area contributed by atoms with E-state index in [1.165, 1.54) is 23.1 Å². The van der Waals surface area contributed by atoms with Crippen LogP contribution < -0.4 is 4.90 Å². The Hall–Kier alpha value is -3.43. The van der Waals surface area contributed by atoms with Crippen LogP contribution in [0.3, 0.4) is 0 Å². The summed E-state index contributed by atoms with van der Waals surface area (Å²) in [6.07, 6.45) is 1.90. The molecule has 1 saturated heterocycles. The lowest BCUT2D eigenvalue weighted by Crippen LogP contribution is -2.42. The molecular weight excluding hydrogens is 523 g/mol. The van der Waals surface area contributed by atoms with Crippen LogP contribution >= 0.6 is 11.6 Å². The van der Waals surface area contributed by atoms with Crippen molar-refractivity contribution in [2.75, 3.05) is 18.5 Å². The van der Waals surface area contributed by atoms with Crippen molar-refractivity contribution in [3.8, 4) is 11.1 Å². The summed E-state index contributed by atoms with van der Waals surface area (Å²) < 4.78 is 55.2. The molecular formula is C29H30ClFN4O4. The zero-order valence-electron chi connectivity index (χ0n) is 24.6. The van der Waals surface area contributed by atoms with Gasteiger partial charge in [-0.25, -0.2) is 14.2 Å². The molecule has 39 heavy (non-hydrogen) atoms. The highest BCUT2D eigenvalue weighted by Gasteiger charge is 2.38. The average Bonchev–Trinajstić information content (AvgIpc) is 3.46. The van der Waals surface area contributed by atoms with E-state index in [2.05, 4.69) is 9.72 Å². The molecule has 3 heterocycles. The van der Waals surface area contributed by atoms with Gasteiger partial charge in [-0.1, -0.05) is 22.8 Å². The summed E-state index contributed by atoms with van der Waals surface area (Å²) in [7, 11) is -2.45. The lowest BCUT2D eigenvalue weighted by molar-refractivity contribution is 0.0582. The maximum absolute atomic E-state index is 14.4. The van der Waals surface area contributed by atoms with Crippen molar-refractivity contribution in [3.63, 3.8) is 0 Å². The number of hydrogen-bond donors (Lipinski definition) is 0. The number of amides is 1. The third-order valence-electron chi connectivity index (χ3n) is 7.76. The minimum absolute atomic E-state index is 0.0257. The van der Waals surface area contributed by atoms with Gasteiger partial charge in [-0.3, -0.25) is 4.90 Å². The fourth-order valence-electron chi connectivity index (χ4n) is 6.00. The number of aryl methyl sites for hydroxylation is 2. The first-order valence-electron chi connectivity index (χ1n) is 14.5. The maximum Gasteiger partial charge on any atom is 0.414 e. The molecule has 1 amide bonds. The molecule has 4 aromatic rings. The Morgan fingerprint density at radius 1 is 1.13 bits per heavy atom. The number of methoxy groups -OCH3 is 1. The third-order valence-corrected chi connectivity index (χ3v) is 7.98. The minimum Gasteiger partial charge on any atom is -0.449 e. The van der Waals surface area contributed by atoms with Gasteiger partial charge in [0, 0.05) is 30.1 Å². The molecule has 1 unspecified atom stereocenters. The summed E-state index contributed by atoms with van der Waals surface area (Å²) in [6, 6.07) is 9.37. The lowest BCUT2D eigenvalue weighted by atomic mass is 9.92. The topological polar surface area (TPSA) is 82.6 Å². The summed E-state index contributed by atoms with van der Waals surface area (Å²) >= 11 is 6.17. The monoisotopic (exact) mass is 555 g/mol. The van der Waals surface area contributed by atoms with Gasteiger partial charge >= 0.3 is 6.09 Å². The fourth-order valence-corrected chi connectivity index (χ4v) is 6.22. The molecule has 0 spiro atoms. The van der Waals surface area contributed by atoms with Crippen LogP contribution in [0.5, 0.6) is 0 Å². The maximum atomic E-state index is 14.4. The molecule has 6 rings (SSSR count). The van der Waals surface area contributed by atoms with Crippen LogP contribution in [-0.2, 0) is 9.47 Å². The Balaban J connectivity index is 1.46.